The summed E-state index contributed by atoms with van der Waals surface area (Å²) in [6.07, 6.45) is 0.740. The third kappa shape index (κ3) is 5.38. The molecule has 2 rings (SSSR count). The number of anilines is 2. The molecule has 0 spiro atoms. The summed E-state index contributed by atoms with van der Waals surface area (Å²) in [4.78, 5) is 25.9. The average molecular weight is 395 g/mol. The number of aryl methyl sites for hydroxylation is 1. The van der Waals surface area contributed by atoms with E-state index in [0.717, 1.165) is 10.9 Å². The molecular formula is C16H19BrN4O3. The van der Waals surface area contributed by atoms with E-state index in [1.807, 2.05) is 19.1 Å². The molecular weight excluding hydrogens is 376 g/mol. The summed E-state index contributed by atoms with van der Waals surface area (Å²) in [5, 5.41) is 9.08. The van der Waals surface area contributed by atoms with E-state index in [9.17, 15) is 9.59 Å². The Balaban J connectivity index is 1.95. The standard InChI is InChI=1S/C16H19BrN4O3/c1-3-8-21(10-15(22)19-14-9-11(2)24-20-14)16(23)18-13-6-4-12(17)5-7-13/h4-7,9H,3,8,10H2,1-2H3,(H,18,23)(H,19,20,22). The van der Waals surface area contributed by atoms with E-state index in [0.29, 0.717) is 23.8 Å². The number of hydrogen-bond donors (Lipinski definition) is 2. The third-order valence-electron chi connectivity index (χ3n) is 3.11. The Bertz CT molecular complexity index is 700. The van der Waals surface area contributed by atoms with E-state index >= 15 is 0 Å². The first-order valence-corrected chi connectivity index (χ1v) is 8.32. The summed E-state index contributed by atoms with van der Waals surface area (Å²) in [5.41, 5.74) is 0.664. The van der Waals surface area contributed by atoms with Crippen molar-refractivity contribution in [1.29, 1.82) is 0 Å². The van der Waals surface area contributed by atoms with Crippen molar-refractivity contribution in [3.63, 3.8) is 0 Å². The van der Waals surface area contributed by atoms with Gasteiger partial charge in [-0.25, -0.2) is 4.79 Å². The second kappa shape index (κ2) is 8.49. The number of halogens is 1. The summed E-state index contributed by atoms with van der Waals surface area (Å²) >= 11 is 3.34. The molecule has 1 heterocycles. The lowest BCUT2D eigenvalue weighted by atomic mass is 10.3. The molecule has 0 radical (unpaired) electrons. The normalized spacial score (nSPS) is 10.3. The summed E-state index contributed by atoms with van der Waals surface area (Å²) in [6.45, 7) is 4.08. The number of benzene rings is 1. The van der Waals surface area contributed by atoms with Gasteiger partial charge in [-0.3, -0.25) is 4.79 Å². The zero-order valence-electron chi connectivity index (χ0n) is 13.5. The molecule has 1 aromatic heterocycles. The number of nitrogens with one attached hydrogen (secondary N) is 2. The fraction of sp³-hybridized carbons (Fsp3) is 0.312. The van der Waals surface area contributed by atoms with Crippen LogP contribution in [-0.2, 0) is 4.79 Å². The number of urea groups is 1. The van der Waals surface area contributed by atoms with Crippen LogP contribution in [0, 0.1) is 6.92 Å². The van der Waals surface area contributed by atoms with Gasteiger partial charge in [0.05, 0.1) is 0 Å². The van der Waals surface area contributed by atoms with Crippen LogP contribution in [0.4, 0.5) is 16.3 Å². The van der Waals surface area contributed by atoms with Crippen molar-refractivity contribution in [2.75, 3.05) is 23.7 Å². The van der Waals surface area contributed by atoms with E-state index in [1.54, 1.807) is 25.1 Å². The topological polar surface area (TPSA) is 87.5 Å². The number of carbonyl (C=O) groups is 2. The predicted octanol–water partition coefficient (Wildman–Crippen LogP) is 3.63. The van der Waals surface area contributed by atoms with Gasteiger partial charge in [-0.2, -0.15) is 0 Å². The molecule has 3 amide bonds. The van der Waals surface area contributed by atoms with E-state index in [4.69, 9.17) is 4.52 Å². The maximum atomic E-state index is 12.4. The molecule has 8 heteroatoms. The maximum Gasteiger partial charge on any atom is 0.322 e. The lowest BCUT2D eigenvalue weighted by Gasteiger charge is -2.21. The van der Waals surface area contributed by atoms with Crippen molar-refractivity contribution in [2.45, 2.75) is 20.3 Å². The minimum absolute atomic E-state index is 0.0674. The largest absolute Gasteiger partial charge is 0.360 e. The van der Waals surface area contributed by atoms with Crippen molar-refractivity contribution in [2.24, 2.45) is 0 Å². The van der Waals surface area contributed by atoms with Crippen LogP contribution in [0.15, 0.2) is 39.3 Å². The first-order valence-electron chi connectivity index (χ1n) is 7.52. The fourth-order valence-electron chi connectivity index (χ4n) is 2.04. The van der Waals surface area contributed by atoms with Gasteiger partial charge in [-0.15, -0.1) is 0 Å². The number of nitrogens with zero attached hydrogens (tertiary/aromatic N) is 2. The monoisotopic (exact) mass is 394 g/mol. The quantitative estimate of drug-likeness (QED) is 0.782. The number of aromatic nitrogens is 1. The van der Waals surface area contributed by atoms with Gasteiger partial charge in [-0.05, 0) is 37.6 Å². The van der Waals surface area contributed by atoms with Crippen molar-refractivity contribution in [3.05, 3.63) is 40.6 Å². The van der Waals surface area contributed by atoms with Crippen LogP contribution in [0.3, 0.4) is 0 Å². The highest BCUT2D eigenvalue weighted by atomic mass is 79.9. The summed E-state index contributed by atoms with van der Waals surface area (Å²) in [6, 6.07) is 8.52. The Labute approximate surface area is 148 Å². The Hall–Kier alpha value is -2.35. The lowest BCUT2D eigenvalue weighted by molar-refractivity contribution is -0.116. The Morgan fingerprint density at radius 2 is 1.96 bits per heavy atom. The van der Waals surface area contributed by atoms with Crippen LogP contribution in [0.2, 0.25) is 0 Å². The van der Waals surface area contributed by atoms with Crippen molar-refractivity contribution in [3.8, 4) is 0 Å². The molecule has 7 nitrogen and oxygen atoms in total. The fourth-order valence-corrected chi connectivity index (χ4v) is 2.30. The summed E-state index contributed by atoms with van der Waals surface area (Å²) in [7, 11) is 0. The van der Waals surface area contributed by atoms with Crippen LogP contribution >= 0.6 is 15.9 Å². The molecule has 0 aliphatic heterocycles. The number of carbonyl (C=O) groups excluding carboxylic acids is 2. The second-order valence-electron chi connectivity index (χ2n) is 5.23. The molecule has 0 aliphatic rings. The highest BCUT2D eigenvalue weighted by Crippen LogP contribution is 2.15. The van der Waals surface area contributed by atoms with Gasteiger partial charge in [0.15, 0.2) is 5.82 Å². The predicted molar refractivity (Wildman–Crippen MR) is 94.9 cm³/mol. The third-order valence-corrected chi connectivity index (χ3v) is 3.63. The molecule has 0 unspecified atom stereocenters. The van der Waals surface area contributed by atoms with E-state index in [1.165, 1.54) is 4.90 Å². The summed E-state index contributed by atoms with van der Waals surface area (Å²) < 4.78 is 5.82. The average Bonchev–Trinajstić information content (AvgIpc) is 2.94. The van der Waals surface area contributed by atoms with Crippen LogP contribution in [0.5, 0.6) is 0 Å². The molecule has 0 saturated carbocycles. The van der Waals surface area contributed by atoms with Gasteiger partial charge in [0.2, 0.25) is 5.91 Å². The molecule has 24 heavy (non-hydrogen) atoms. The molecule has 0 aliphatic carbocycles. The van der Waals surface area contributed by atoms with E-state index in [2.05, 4.69) is 31.7 Å². The second-order valence-corrected chi connectivity index (χ2v) is 6.15. The summed E-state index contributed by atoms with van der Waals surface area (Å²) in [5.74, 6) is 0.605. The first kappa shape index (κ1) is 18.0. The van der Waals surface area contributed by atoms with Crippen molar-refractivity contribution >= 4 is 39.4 Å². The van der Waals surface area contributed by atoms with E-state index in [-0.39, 0.29) is 18.5 Å². The molecule has 128 valence electrons. The van der Waals surface area contributed by atoms with Crippen LogP contribution in [-0.4, -0.2) is 35.1 Å². The van der Waals surface area contributed by atoms with Crippen molar-refractivity contribution in [1.82, 2.24) is 10.1 Å². The zero-order chi connectivity index (χ0) is 17.5. The van der Waals surface area contributed by atoms with Gasteiger partial charge in [0.1, 0.15) is 12.3 Å². The minimum atomic E-state index is -0.331. The van der Waals surface area contributed by atoms with Gasteiger partial charge < -0.3 is 20.1 Å². The van der Waals surface area contributed by atoms with Gasteiger partial charge in [0.25, 0.3) is 0 Å². The number of amides is 3. The van der Waals surface area contributed by atoms with Gasteiger partial charge >= 0.3 is 6.03 Å². The highest BCUT2D eigenvalue weighted by molar-refractivity contribution is 9.10. The molecule has 0 atom stereocenters. The number of rotatable bonds is 6. The molecule has 2 N–H and O–H groups in total. The Morgan fingerprint density at radius 3 is 2.54 bits per heavy atom. The highest BCUT2D eigenvalue weighted by Gasteiger charge is 2.17. The molecule has 2 aromatic rings. The van der Waals surface area contributed by atoms with Crippen LogP contribution in [0.1, 0.15) is 19.1 Å². The van der Waals surface area contributed by atoms with Crippen LogP contribution < -0.4 is 10.6 Å². The first-order chi connectivity index (χ1) is 11.5. The van der Waals surface area contributed by atoms with Gasteiger partial charge in [-0.1, -0.05) is 28.0 Å². The lowest BCUT2D eigenvalue weighted by Crippen LogP contribution is -2.41. The molecule has 0 bridgehead atoms. The number of hydrogen-bond acceptors (Lipinski definition) is 4. The molecule has 0 saturated heterocycles. The maximum absolute atomic E-state index is 12.4. The van der Waals surface area contributed by atoms with E-state index < -0.39 is 0 Å². The van der Waals surface area contributed by atoms with Crippen LogP contribution in [0.25, 0.3) is 0 Å². The SMILES string of the molecule is CCCN(CC(=O)Nc1cc(C)on1)C(=O)Nc1ccc(Br)cc1. The van der Waals surface area contributed by atoms with Gasteiger partial charge in [0, 0.05) is 22.8 Å². The van der Waals surface area contributed by atoms with Crippen molar-refractivity contribution < 1.29 is 14.1 Å². The molecule has 1 aromatic carbocycles. The molecule has 0 fully saturated rings. The Morgan fingerprint density at radius 1 is 1.25 bits per heavy atom. The minimum Gasteiger partial charge on any atom is -0.360 e. The smallest absolute Gasteiger partial charge is 0.322 e. The zero-order valence-corrected chi connectivity index (χ0v) is 15.1. The Kier molecular flexibility index (Phi) is 6.36.